The van der Waals surface area contributed by atoms with Crippen molar-refractivity contribution in [2.45, 2.75) is 25.0 Å². The smallest absolute Gasteiger partial charge is 0.165 e. The van der Waals surface area contributed by atoms with Gasteiger partial charge in [0.1, 0.15) is 11.9 Å². The van der Waals surface area contributed by atoms with Crippen molar-refractivity contribution in [3.05, 3.63) is 59.7 Å². The van der Waals surface area contributed by atoms with Gasteiger partial charge in [0, 0.05) is 18.7 Å². The summed E-state index contributed by atoms with van der Waals surface area (Å²) in [5, 5.41) is 10.3. The largest absolute Gasteiger partial charge is 0.505 e. The standard InChI is InChI=1S/C20H22FN3O2.H2O/c1-24-11-9-13(10-12-24)26-19(14-5-4-6-15(21)18(14)25)20-22-16-7-2-3-8-17(16)23-20;/h2-8,13,19,25H,9-12H2,1H3,(H,22,23);1H2. The summed E-state index contributed by atoms with van der Waals surface area (Å²) in [4.78, 5) is 10.1. The van der Waals surface area contributed by atoms with Crippen LogP contribution in [0.15, 0.2) is 42.5 Å². The highest BCUT2D eigenvalue weighted by molar-refractivity contribution is 5.75. The number of H-pyrrole nitrogens is 1. The van der Waals surface area contributed by atoms with Crippen molar-refractivity contribution < 1.29 is 19.7 Å². The molecule has 1 fully saturated rings. The summed E-state index contributed by atoms with van der Waals surface area (Å²) < 4.78 is 20.3. The highest BCUT2D eigenvalue weighted by atomic mass is 19.1. The van der Waals surface area contributed by atoms with Crippen LogP contribution in [-0.2, 0) is 4.74 Å². The van der Waals surface area contributed by atoms with Gasteiger partial charge in [-0.2, -0.15) is 0 Å². The second-order valence-corrected chi connectivity index (χ2v) is 6.84. The molecule has 0 amide bonds. The highest BCUT2D eigenvalue weighted by Crippen LogP contribution is 2.35. The average molecular weight is 373 g/mol. The van der Waals surface area contributed by atoms with Gasteiger partial charge in [0.2, 0.25) is 0 Å². The summed E-state index contributed by atoms with van der Waals surface area (Å²) >= 11 is 0. The molecule has 0 bridgehead atoms. The number of phenolic OH excluding ortho intramolecular Hbond substituents is 1. The van der Waals surface area contributed by atoms with Crippen LogP contribution in [-0.4, -0.2) is 51.7 Å². The number of ether oxygens (including phenoxy) is 1. The third-order valence-corrected chi connectivity index (χ3v) is 4.95. The van der Waals surface area contributed by atoms with Crippen molar-refractivity contribution >= 4 is 11.0 Å². The molecule has 1 aromatic heterocycles. The van der Waals surface area contributed by atoms with Gasteiger partial charge in [-0.25, -0.2) is 9.37 Å². The van der Waals surface area contributed by atoms with Gasteiger partial charge < -0.3 is 25.2 Å². The number of aromatic nitrogens is 2. The maximum Gasteiger partial charge on any atom is 0.165 e. The van der Waals surface area contributed by atoms with Crippen molar-refractivity contribution in [3.8, 4) is 5.75 Å². The van der Waals surface area contributed by atoms with E-state index < -0.39 is 11.9 Å². The third kappa shape index (κ3) is 3.95. The Hall–Kier alpha value is -2.48. The van der Waals surface area contributed by atoms with Crippen LogP contribution >= 0.6 is 0 Å². The van der Waals surface area contributed by atoms with Gasteiger partial charge in [-0.05, 0) is 38.1 Å². The SMILES string of the molecule is CN1CCC(OC(c2nc3ccccc3[nH]2)c2cccc(F)c2O)CC1.O. The fraction of sp³-hybridized carbons (Fsp3) is 0.350. The number of halogens is 1. The Labute approximate surface area is 156 Å². The molecule has 0 radical (unpaired) electrons. The molecule has 1 aliphatic heterocycles. The molecule has 0 aliphatic carbocycles. The van der Waals surface area contributed by atoms with Gasteiger partial charge in [0.05, 0.1) is 17.1 Å². The molecular formula is C20H24FN3O3. The number of likely N-dealkylation sites (tertiary alicyclic amines) is 1. The lowest BCUT2D eigenvalue weighted by Crippen LogP contribution is -2.35. The minimum Gasteiger partial charge on any atom is -0.505 e. The lowest BCUT2D eigenvalue weighted by molar-refractivity contribution is -0.0273. The normalized spacial score (nSPS) is 17.0. The van der Waals surface area contributed by atoms with Gasteiger partial charge in [-0.1, -0.05) is 24.3 Å². The number of aromatic amines is 1. The molecule has 1 aliphatic rings. The van der Waals surface area contributed by atoms with Gasteiger partial charge in [0.15, 0.2) is 11.6 Å². The summed E-state index contributed by atoms with van der Waals surface area (Å²) in [6.07, 6.45) is 1.17. The average Bonchev–Trinajstić information content (AvgIpc) is 3.08. The van der Waals surface area contributed by atoms with Crippen molar-refractivity contribution in [1.82, 2.24) is 14.9 Å². The molecule has 1 saturated heterocycles. The molecule has 4 N–H and O–H groups in total. The Bertz CT molecular complexity index is 873. The first-order valence-corrected chi connectivity index (χ1v) is 8.88. The van der Waals surface area contributed by atoms with E-state index >= 15 is 0 Å². The van der Waals surface area contributed by atoms with Crippen molar-refractivity contribution in [3.63, 3.8) is 0 Å². The van der Waals surface area contributed by atoms with Crippen molar-refractivity contribution in [1.29, 1.82) is 0 Å². The molecular weight excluding hydrogens is 349 g/mol. The first-order chi connectivity index (χ1) is 12.6. The van der Waals surface area contributed by atoms with Crippen LogP contribution in [0, 0.1) is 5.82 Å². The number of aromatic hydroxyl groups is 1. The quantitative estimate of drug-likeness (QED) is 0.735. The molecule has 4 rings (SSSR count). The molecule has 0 spiro atoms. The van der Waals surface area contributed by atoms with E-state index in [0.29, 0.717) is 11.4 Å². The Kier molecular flexibility index (Phi) is 5.74. The summed E-state index contributed by atoms with van der Waals surface area (Å²) in [6, 6.07) is 12.2. The summed E-state index contributed by atoms with van der Waals surface area (Å²) in [6.45, 7) is 1.90. The van der Waals surface area contributed by atoms with Crippen LogP contribution in [0.3, 0.4) is 0 Å². The first-order valence-electron chi connectivity index (χ1n) is 8.88. The number of piperidine rings is 1. The number of rotatable bonds is 4. The molecule has 3 aromatic rings. The molecule has 1 unspecified atom stereocenters. The van der Waals surface area contributed by atoms with Crippen LogP contribution < -0.4 is 0 Å². The van der Waals surface area contributed by atoms with E-state index in [9.17, 15) is 9.50 Å². The lowest BCUT2D eigenvalue weighted by atomic mass is 10.0. The monoisotopic (exact) mass is 373 g/mol. The Balaban J connectivity index is 0.00000210. The van der Waals surface area contributed by atoms with E-state index in [4.69, 9.17) is 4.74 Å². The molecule has 1 atom stereocenters. The molecule has 144 valence electrons. The summed E-state index contributed by atoms with van der Waals surface area (Å²) in [7, 11) is 2.09. The second-order valence-electron chi connectivity index (χ2n) is 6.84. The maximum absolute atomic E-state index is 13.9. The van der Waals surface area contributed by atoms with E-state index in [-0.39, 0.29) is 17.3 Å². The lowest BCUT2D eigenvalue weighted by Gasteiger charge is -2.31. The fourth-order valence-corrected chi connectivity index (χ4v) is 3.44. The van der Waals surface area contributed by atoms with E-state index in [0.717, 1.165) is 37.0 Å². The zero-order chi connectivity index (χ0) is 18.1. The second kappa shape index (κ2) is 8.04. The molecule has 27 heavy (non-hydrogen) atoms. The number of fused-ring (bicyclic) bond motifs is 1. The van der Waals surface area contributed by atoms with Crippen LogP contribution in [0.5, 0.6) is 5.75 Å². The van der Waals surface area contributed by atoms with E-state index in [2.05, 4.69) is 21.9 Å². The predicted octanol–water partition coefficient (Wildman–Crippen LogP) is 2.78. The minimum atomic E-state index is -0.657. The van der Waals surface area contributed by atoms with E-state index in [1.165, 1.54) is 6.07 Å². The number of imidazole rings is 1. The summed E-state index contributed by atoms with van der Waals surface area (Å²) in [5.41, 5.74) is 2.09. The molecule has 2 aromatic carbocycles. The van der Waals surface area contributed by atoms with Crippen LogP contribution in [0.4, 0.5) is 4.39 Å². The Morgan fingerprint density at radius 2 is 1.93 bits per heavy atom. The summed E-state index contributed by atoms with van der Waals surface area (Å²) in [5.74, 6) is -0.465. The predicted molar refractivity (Wildman–Crippen MR) is 101 cm³/mol. The zero-order valence-electron chi connectivity index (χ0n) is 15.2. The van der Waals surface area contributed by atoms with Crippen molar-refractivity contribution in [2.75, 3.05) is 20.1 Å². The maximum atomic E-state index is 13.9. The van der Waals surface area contributed by atoms with Crippen LogP contribution in [0.25, 0.3) is 11.0 Å². The van der Waals surface area contributed by atoms with Crippen LogP contribution in [0.1, 0.15) is 30.3 Å². The third-order valence-electron chi connectivity index (χ3n) is 4.95. The highest BCUT2D eigenvalue weighted by Gasteiger charge is 2.28. The van der Waals surface area contributed by atoms with Gasteiger partial charge >= 0.3 is 0 Å². The van der Waals surface area contributed by atoms with Gasteiger partial charge in [-0.15, -0.1) is 0 Å². The molecule has 2 heterocycles. The number of nitrogens with zero attached hydrogens (tertiary/aromatic N) is 2. The zero-order valence-corrected chi connectivity index (χ0v) is 15.2. The Morgan fingerprint density at radius 3 is 2.67 bits per heavy atom. The van der Waals surface area contributed by atoms with Crippen LogP contribution in [0.2, 0.25) is 0 Å². The number of phenols is 1. The molecule has 6 nitrogen and oxygen atoms in total. The van der Waals surface area contributed by atoms with E-state index in [1.54, 1.807) is 12.1 Å². The number of hydrogen-bond acceptors (Lipinski definition) is 4. The number of para-hydroxylation sites is 3. The number of benzene rings is 2. The van der Waals surface area contributed by atoms with E-state index in [1.807, 2.05) is 24.3 Å². The minimum absolute atomic E-state index is 0. The first kappa shape index (κ1) is 19.3. The van der Waals surface area contributed by atoms with Gasteiger partial charge in [0.25, 0.3) is 0 Å². The molecule has 7 heteroatoms. The topological polar surface area (TPSA) is 92.9 Å². The van der Waals surface area contributed by atoms with Gasteiger partial charge in [-0.3, -0.25) is 0 Å². The molecule has 0 saturated carbocycles. The number of nitrogens with one attached hydrogen (secondary N) is 1. The Morgan fingerprint density at radius 1 is 1.19 bits per heavy atom. The fourth-order valence-electron chi connectivity index (χ4n) is 3.44. The van der Waals surface area contributed by atoms with Crippen molar-refractivity contribution in [2.24, 2.45) is 0 Å². The number of hydrogen-bond donors (Lipinski definition) is 2.